The third-order valence-electron chi connectivity index (χ3n) is 2.52. The van der Waals surface area contributed by atoms with Crippen molar-refractivity contribution < 1.29 is 23.1 Å². The summed E-state index contributed by atoms with van der Waals surface area (Å²) in [6, 6.07) is 4.51. The summed E-state index contributed by atoms with van der Waals surface area (Å²) in [6.45, 7) is 1.22. The first-order chi connectivity index (χ1) is 8.86. The maximum absolute atomic E-state index is 12.5. The van der Waals surface area contributed by atoms with Gasteiger partial charge in [-0.1, -0.05) is 6.07 Å². The van der Waals surface area contributed by atoms with Gasteiger partial charge in [-0.3, -0.25) is 9.69 Å². The molecule has 0 aliphatic carbocycles. The first-order valence-electron chi connectivity index (χ1n) is 5.32. The summed E-state index contributed by atoms with van der Waals surface area (Å²) in [5.74, 6) is -2.36. The molecule has 4 nitrogen and oxygen atoms in total. The molecule has 0 spiro atoms. The second-order valence-electron chi connectivity index (χ2n) is 3.70. The Bertz CT molecular complexity index is 624. The summed E-state index contributed by atoms with van der Waals surface area (Å²) in [4.78, 5) is 11.8. The van der Waals surface area contributed by atoms with E-state index in [4.69, 9.17) is 0 Å². The van der Waals surface area contributed by atoms with Gasteiger partial charge in [0.05, 0.1) is 10.1 Å². The van der Waals surface area contributed by atoms with Gasteiger partial charge in [-0.05, 0) is 30.6 Å². The number of alkyl halides is 3. The summed E-state index contributed by atoms with van der Waals surface area (Å²) in [6.07, 6.45) is -4.98. The van der Waals surface area contributed by atoms with E-state index in [1.165, 1.54) is 13.0 Å². The van der Waals surface area contributed by atoms with Gasteiger partial charge >= 0.3 is 12.1 Å². The van der Waals surface area contributed by atoms with Crippen molar-refractivity contribution in [1.29, 1.82) is 0 Å². The highest BCUT2D eigenvalue weighted by atomic mass is 32.1. The van der Waals surface area contributed by atoms with Gasteiger partial charge in [0, 0.05) is 6.54 Å². The number of halogens is 3. The zero-order valence-corrected chi connectivity index (χ0v) is 10.5. The standard InChI is InChI=1S/C11H9F3N2O2S/c1-2-16(10(18)11(12,13)14)9-8-6(17)4-3-5-7(8)19-15-9/h3-5,17H,2H2,1H3. The highest BCUT2D eigenvalue weighted by Crippen LogP contribution is 2.37. The molecule has 0 unspecified atom stereocenters. The minimum atomic E-state index is -4.98. The highest BCUT2D eigenvalue weighted by molar-refractivity contribution is 7.13. The fraction of sp³-hybridized carbons (Fsp3) is 0.273. The minimum absolute atomic E-state index is 0.159. The maximum Gasteiger partial charge on any atom is 0.471 e. The summed E-state index contributed by atoms with van der Waals surface area (Å²) >= 11 is 0.929. The molecule has 0 radical (unpaired) electrons. The van der Waals surface area contributed by atoms with Crippen LogP contribution < -0.4 is 4.90 Å². The molecule has 102 valence electrons. The lowest BCUT2D eigenvalue weighted by atomic mass is 10.2. The number of amides is 1. The van der Waals surface area contributed by atoms with Crippen molar-refractivity contribution >= 4 is 33.3 Å². The monoisotopic (exact) mass is 290 g/mol. The Balaban J connectivity index is 2.56. The van der Waals surface area contributed by atoms with E-state index in [1.54, 1.807) is 12.1 Å². The van der Waals surface area contributed by atoms with E-state index < -0.39 is 12.1 Å². The van der Waals surface area contributed by atoms with E-state index in [2.05, 4.69) is 4.37 Å². The summed E-state index contributed by atoms with van der Waals surface area (Å²) in [7, 11) is 0. The van der Waals surface area contributed by atoms with Crippen LogP contribution in [0.15, 0.2) is 18.2 Å². The molecule has 0 aliphatic rings. The number of hydrogen-bond acceptors (Lipinski definition) is 4. The van der Waals surface area contributed by atoms with Gasteiger partial charge in [0.1, 0.15) is 5.75 Å². The van der Waals surface area contributed by atoms with Gasteiger partial charge in [-0.2, -0.15) is 17.5 Å². The number of carbonyl (C=O) groups excluding carboxylic acids is 1. The van der Waals surface area contributed by atoms with Gasteiger partial charge in [-0.25, -0.2) is 0 Å². The third-order valence-corrected chi connectivity index (χ3v) is 3.32. The highest BCUT2D eigenvalue weighted by Gasteiger charge is 2.43. The van der Waals surface area contributed by atoms with Crippen LogP contribution in [0.3, 0.4) is 0 Å². The summed E-state index contributed by atoms with van der Waals surface area (Å²) in [5.41, 5.74) is 0. The van der Waals surface area contributed by atoms with Crippen LogP contribution in [-0.2, 0) is 4.79 Å². The molecule has 0 fully saturated rings. The Hall–Kier alpha value is -1.83. The fourth-order valence-electron chi connectivity index (χ4n) is 1.69. The molecule has 1 amide bonds. The molecule has 1 N–H and O–H groups in total. The smallest absolute Gasteiger partial charge is 0.471 e. The molecular formula is C11H9F3N2O2S. The molecule has 2 aromatic rings. The first-order valence-corrected chi connectivity index (χ1v) is 6.09. The Labute approximate surface area is 110 Å². The van der Waals surface area contributed by atoms with Crippen molar-refractivity contribution in [1.82, 2.24) is 4.37 Å². The molecule has 1 aromatic carbocycles. The third kappa shape index (κ3) is 2.35. The number of anilines is 1. The molecule has 1 aromatic heterocycles. The molecule has 0 aliphatic heterocycles. The SMILES string of the molecule is CCN(C(=O)C(F)(F)F)c1nsc2cccc(O)c12. The van der Waals surface area contributed by atoms with Crippen LogP contribution in [0.5, 0.6) is 5.75 Å². The number of rotatable bonds is 2. The van der Waals surface area contributed by atoms with Gasteiger partial charge in [-0.15, -0.1) is 0 Å². The number of phenols is 1. The Kier molecular flexibility index (Phi) is 3.36. The van der Waals surface area contributed by atoms with Crippen LogP contribution in [0.25, 0.3) is 10.1 Å². The minimum Gasteiger partial charge on any atom is -0.507 e. The zero-order valence-electron chi connectivity index (χ0n) is 9.73. The topological polar surface area (TPSA) is 53.4 Å². The normalized spacial score (nSPS) is 11.8. The van der Waals surface area contributed by atoms with Crippen LogP contribution >= 0.6 is 11.5 Å². The van der Waals surface area contributed by atoms with Crippen LogP contribution in [0.4, 0.5) is 19.0 Å². The molecule has 19 heavy (non-hydrogen) atoms. The Morgan fingerprint density at radius 2 is 2.16 bits per heavy atom. The molecule has 2 rings (SSSR count). The largest absolute Gasteiger partial charge is 0.507 e. The fourth-order valence-corrected chi connectivity index (χ4v) is 2.49. The van der Waals surface area contributed by atoms with E-state index in [0.717, 1.165) is 11.5 Å². The number of hydrogen-bond donors (Lipinski definition) is 1. The van der Waals surface area contributed by atoms with Crippen molar-refractivity contribution in [2.45, 2.75) is 13.1 Å². The number of fused-ring (bicyclic) bond motifs is 1. The van der Waals surface area contributed by atoms with Gasteiger partial charge in [0.25, 0.3) is 0 Å². The summed E-state index contributed by atoms with van der Waals surface area (Å²) < 4.78 is 41.9. The first kappa shape index (κ1) is 13.6. The van der Waals surface area contributed by atoms with Gasteiger partial charge < -0.3 is 5.11 Å². The number of nitrogens with zero attached hydrogens (tertiary/aromatic N) is 2. The van der Waals surface area contributed by atoms with Crippen molar-refractivity contribution in [2.24, 2.45) is 0 Å². The maximum atomic E-state index is 12.5. The number of carbonyl (C=O) groups is 1. The number of aromatic hydroxyl groups is 1. The number of phenolic OH excluding ortho intramolecular Hbond substituents is 1. The summed E-state index contributed by atoms with van der Waals surface area (Å²) in [5, 5.41) is 9.88. The quantitative estimate of drug-likeness (QED) is 0.925. The Morgan fingerprint density at radius 3 is 2.74 bits per heavy atom. The van der Waals surface area contributed by atoms with Crippen LogP contribution in [0.1, 0.15) is 6.92 Å². The Morgan fingerprint density at radius 1 is 1.47 bits per heavy atom. The molecular weight excluding hydrogens is 281 g/mol. The molecule has 0 bridgehead atoms. The van der Waals surface area contributed by atoms with E-state index in [1.807, 2.05) is 0 Å². The average molecular weight is 290 g/mol. The predicted octanol–water partition coefficient (Wildman–Crippen LogP) is 2.92. The van der Waals surface area contributed by atoms with Crippen LogP contribution in [-0.4, -0.2) is 28.1 Å². The molecule has 0 atom stereocenters. The van der Waals surface area contributed by atoms with Gasteiger partial charge in [0.15, 0.2) is 5.82 Å². The van der Waals surface area contributed by atoms with E-state index >= 15 is 0 Å². The van der Waals surface area contributed by atoms with Gasteiger partial charge in [0.2, 0.25) is 0 Å². The predicted molar refractivity (Wildman–Crippen MR) is 65.4 cm³/mol. The van der Waals surface area contributed by atoms with E-state index in [0.29, 0.717) is 9.60 Å². The second-order valence-corrected chi connectivity index (χ2v) is 4.51. The van der Waals surface area contributed by atoms with E-state index in [9.17, 15) is 23.1 Å². The lowest BCUT2D eigenvalue weighted by Crippen LogP contribution is -2.41. The zero-order chi connectivity index (χ0) is 14.2. The number of benzene rings is 1. The van der Waals surface area contributed by atoms with Crippen molar-refractivity contribution in [2.75, 3.05) is 11.4 Å². The van der Waals surface area contributed by atoms with Crippen molar-refractivity contribution in [3.05, 3.63) is 18.2 Å². The average Bonchev–Trinajstić information content (AvgIpc) is 2.74. The van der Waals surface area contributed by atoms with Crippen molar-refractivity contribution in [3.8, 4) is 5.75 Å². The molecule has 1 heterocycles. The number of aromatic nitrogens is 1. The second kappa shape index (κ2) is 4.69. The lowest BCUT2D eigenvalue weighted by molar-refractivity contribution is -0.170. The lowest BCUT2D eigenvalue weighted by Gasteiger charge is -2.20. The van der Waals surface area contributed by atoms with Crippen LogP contribution in [0, 0.1) is 0 Å². The van der Waals surface area contributed by atoms with E-state index in [-0.39, 0.29) is 23.5 Å². The molecule has 0 saturated carbocycles. The molecule has 8 heteroatoms. The van der Waals surface area contributed by atoms with Crippen LogP contribution in [0.2, 0.25) is 0 Å². The van der Waals surface area contributed by atoms with Crippen molar-refractivity contribution in [3.63, 3.8) is 0 Å². The molecule has 0 saturated heterocycles.